The van der Waals surface area contributed by atoms with Crippen molar-refractivity contribution in [2.24, 2.45) is 11.8 Å². The van der Waals surface area contributed by atoms with Gasteiger partial charge in [-0.15, -0.1) is 0 Å². The molecule has 0 bridgehead atoms. The third-order valence-corrected chi connectivity index (χ3v) is 6.26. The van der Waals surface area contributed by atoms with E-state index in [2.05, 4.69) is 20.4 Å². The van der Waals surface area contributed by atoms with Crippen LogP contribution in [0.4, 0.5) is 0 Å². The molecule has 2 aliphatic rings. The van der Waals surface area contributed by atoms with Crippen molar-refractivity contribution in [2.45, 2.75) is 96.3 Å². The summed E-state index contributed by atoms with van der Waals surface area (Å²) in [5.74, 6) is -0.267. The molecule has 31 heavy (non-hydrogen) atoms. The first-order valence-corrected chi connectivity index (χ1v) is 11.0. The Morgan fingerprint density at radius 3 is 2.52 bits per heavy atom. The molecular formula is C23H38O8. The van der Waals surface area contributed by atoms with Crippen LogP contribution < -0.4 is 0 Å². The molecule has 1 fully saturated rings. The minimum Gasteiger partial charge on any atom is -0.463 e. The maximum absolute atomic E-state index is 11.1. The van der Waals surface area contributed by atoms with Gasteiger partial charge in [0.25, 0.3) is 0 Å². The first-order chi connectivity index (χ1) is 14.5. The van der Waals surface area contributed by atoms with Crippen molar-refractivity contribution in [2.75, 3.05) is 6.61 Å². The number of aliphatic hydroxyl groups excluding tert-OH is 4. The minimum atomic E-state index is -1.50. The summed E-state index contributed by atoms with van der Waals surface area (Å²) in [4.78, 5) is 11.1. The number of hydrogen-bond donors (Lipinski definition) is 4. The van der Waals surface area contributed by atoms with Crippen LogP contribution in [0.5, 0.6) is 0 Å². The van der Waals surface area contributed by atoms with E-state index in [9.17, 15) is 25.2 Å². The Labute approximate surface area is 184 Å². The molecule has 8 atom stereocenters. The summed E-state index contributed by atoms with van der Waals surface area (Å²) in [6.07, 6.45) is -3.02. The third-order valence-electron chi connectivity index (χ3n) is 6.26. The molecule has 1 aliphatic heterocycles. The van der Waals surface area contributed by atoms with Crippen molar-refractivity contribution in [3.63, 3.8) is 0 Å². The molecule has 4 N–H and O–H groups in total. The average Bonchev–Trinajstić information content (AvgIpc) is 2.70. The Morgan fingerprint density at radius 1 is 1.23 bits per heavy atom. The maximum Gasteiger partial charge on any atom is 0.302 e. The summed E-state index contributed by atoms with van der Waals surface area (Å²) < 4.78 is 16.8. The highest BCUT2D eigenvalue weighted by molar-refractivity contribution is 5.65. The van der Waals surface area contributed by atoms with Crippen molar-refractivity contribution in [3.05, 3.63) is 23.8 Å². The largest absolute Gasteiger partial charge is 0.463 e. The van der Waals surface area contributed by atoms with Crippen LogP contribution in [0.15, 0.2) is 23.8 Å². The molecule has 0 aromatic carbocycles. The minimum absolute atomic E-state index is 0.0451. The summed E-state index contributed by atoms with van der Waals surface area (Å²) in [7, 11) is 0. The van der Waals surface area contributed by atoms with Crippen LogP contribution in [-0.4, -0.2) is 75.9 Å². The van der Waals surface area contributed by atoms with E-state index in [0.717, 1.165) is 11.1 Å². The number of carbonyl (C=O) groups excluding carboxylic acids is 1. The molecule has 8 nitrogen and oxygen atoms in total. The highest BCUT2D eigenvalue weighted by Crippen LogP contribution is 2.33. The Kier molecular flexibility index (Phi) is 9.66. The van der Waals surface area contributed by atoms with Crippen molar-refractivity contribution in [3.8, 4) is 0 Å². The number of carbonyl (C=O) groups is 1. The molecule has 0 radical (unpaired) electrons. The molecule has 0 saturated carbocycles. The second-order valence-electron chi connectivity index (χ2n) is 9.09. The van der Waals surface area contributed by atoms with Crippen LogP contribution in [0.2, 0.25) is 0 Å². The maximum atomic E-state index is 11.1. The van der Waals surface area contributed by atoms with Crippen molar-refractivity contribution >= 4 is 5.97 Å². The van der Waals surface area contributed by atoms with E-state index in [1.54, 1.807) is 0 Å². The number of esters is 1. The van der Waals surface area contributed by atoms with Gasteiger partial charge in [0.1, 0.15) is 31.0 Å². The summed E-state index contributed by atoms with van der Waals surface area (Å²) in [6, 6.07) is 0. The van der Waals surface area contributed by atoms with Crippen molar-refractivity contribution in [1.82, 2.24) is 0 Å². The number of ether oxygens (including phenoxy) is 3. The highest BCUT2D eigenvalue weighted by Gasteiger charge is 2.46. The lowest BCUT2D eigenvalue weighted by Crippen LogP contribution is -2.60. The van der Waals surface area contributed by atoms with Crippen LogP contribution in [0.25, 0.3) is 0 Å². The molecule has 1 saturated heterocycles. The number of aliphatic hydroxyl groups is 4. The Hall–Kier alpha value is -1.29. The lowest BCUT2D eigenvalue weighted by Gasteiger charge is -2.42. The van der Waals surface area contributed by atoms with Gasteiger partial charge in [0, 0.05) is 6.92 Å². The monoisotopic (exact) mass is 442 g/mol. The normalized spacial score (nSPS) is 39.6. The molecule has 1 aliphatic carbocycles. The van der Waals surface area contributed by atoms with E-state index in [1.807, 2.05) is 13.0 Å². The van der Waals surface area contributed by atoms with Gasteiger partial charge < -0.3 is 34.6 Å². The molecule has 8 heteroatoms. The van der Waals surface area contributed by atoms with Gasteiger partial charge in [-0.25, -0.2) is 0 Å². The van der Waals surface area contributed by atoms with Gasteiger partial charge in [-0.2, -0.15) is 0 Å². The van der Waals surface area contributed by atoms with E-state index in [-0.39, 0.29) is 24.5 Å². The lowest BCUT2D eigenvalue weighted by molar-refractivity contribution is -0.316. The van der Waals surface area contributed by atoms with E-state index in [0.29, 0.717) is 25.7 Å². The summed E-state index contributed by atoms with van der Waals surface area (Å²) in [5.41, 5.74) is 1.83. The standard InChI is InChI=1S/C23H38O8/c1-12(2)16-8-7-14(4)17(25)9-6-13(3)10-18(16)30-23-22(28)21(27)20(26)19(31-23)11-29-15(5)24/h7,12,16-23,25-28H,3,6,8-11H2,1-2,4-5H3/b14-7+/t16-,17+,18-,19+,20-,21-,22-,23+/m1/s1. The van der Waals surface area contributed by atoms with Gasteiger partial charge in [0.15, 0.2) is 6.29 Å². The van der Waals surface area contributed by atoms with E-state index in [4.69, 9.17) is 14.2 Å². The van der Waals surface area contributed by atoms with Crippen LogP contribution >= 0.6 is 0 Å². The second-order valence-corrected chi connectivity index (χ2v) is 9.09. The molecule has 0 spiro atoms. The number of allylic oxidation sites excluding steroid dienone is 1. The molecule has 2 rings (SSSR count). The fourth-order valence-corrected chi connectivity index (χ4v) is 4.11. The van der Waals surface area contributed by atoms with E-state index in [1.165, 1.54) is 6.92 Å². The van der Waals surface area contributed by atoms with Crippen LogP contribution in [0.1, 0.15) is 53.4 Å². The van der Waals surface area contributed by atoms with Gasteiger partial charge in [0.05, 0.1) is 12.2 Å². The van der Waals surface area contributed by atoms with Gasteiger partial charge in [-0.1, -0.05) is 32.1 Å². The third kappa shape index (κ3) is 7.10. The van der Waals surface area contributed by atoms with Crippen molar-refractivity contribution in [1.29, 1.82) is 0 Å². The first kappa shape index (κ1) is 26.0. The predicted molar refractivity (Wildman–Crippen MR) is 114 cm³/mol. The molecule has 0 unspecified atom stereocenters. The van der Waals surface area contributed by atoms with E-state index >= 15 is 0 Å². The zero-order valence-corrected chi connectivity index (χ0v) is 18.9. The number of rotatable bonds is 5. The smallest absolute Gasteiger partial charge is 0.302 e. The average molecular weight is 443 g/mol. The van der Waals surface area contributed by atoms with Gasteiger partial charge in [0.2, 0.25) is 0 Å². The number of hydrogen-bond acceptors (Lipinski definition) is 8. The van der Waals surface area contributed by atoms with Crippen LogP contribution in [0, 0.1) is 11.8 Å². The van der Waals surface area contributed by atoms with Crippen LogP contribution in [0.3, 0.4) is 0 Å². The van der Waals surface area contributed by atoms with Gasteiger partial charge >= 0.3 is 5.97 Å². The topological polar surface area (TPSA) is 126 Å². The van der Waals surface area contributed by atoms with E-state index < -0.39 is 42.8 Å². The highest BCUT2D eigenvalue weighted by atomic mass is 16.7. The molecular weight excluding hydrogens is 404 g/mol. The predicted octanol–water partition coefficient (Wildman–Crippen LogP) is 1.45. The quantitative estimate of drug-likeness (QED) is 0.372. The fourth-order valence-electron chi connectivity index (χ4n) is 4.11. The summed E-state index contributed by atoms with van der Waals surface area (Å²) in [6.45, 7) is 11.2. The van der Waals surface area contributed by atoms with Crippen molar-refractivity contribution < 1.29 is 39.4 Å². The summed E-state index contributed by atoms with van der Waals surface area (Å²) in [5, 5.41) is 41.3. The molecule has 0 aromatic rings. The SMILES string of the molecule is C=C1CC[C@H](O)/C(C)=C/C[C@H](C(C)C)[C@H](O[C@H]2O[C@@H](COC(C)=O)[C@@H](O)[C@@H](O)[C@H]2O)C1. The molecule has 0 aromatic heterocycles. The Bertz CT molecular complexity index is 645. The Balaban J connectivity index is 2.23. The summed E-state index contributed by atoms with van der Waals surface area (Å²) >= 11 is 0. The molecule has 178 valence electrons. The zero-order chi connectivity index (χ0) is 23.3. The fraction of sp³-hybridized carbons (Fsp3) is 0.783. The van der Waals surface area contributed by atoms with Gasteiger partial charge in [-0.05, 0) is 50.0 Å². The zero-order valence-electron chi connectivity index (χ0n) is 18.9. The molecule has 1 heterocycles. The molecule has 0 amide bonds. The second kappa shape index (κ2) is 11.5. The van der Waals surface area contributed by atoms with Gasteiger partial charge in [-0.3, -0.25) is 4.79 Å². The lowest BCUT2D eigenvalue weighted by atomic mass is 9.82. The Morgan fingerprint density at radius 2 is 1.90 bits per heavy atom. The first-order valence-electron chi connectivity index (χ1n) is 11.0. The van der Waals surface area contributed by atoms with Crippen LogP contribution in [-0.2, 0) is 19.0 Å².